The maximum absolute atomic E-state index is 13.5. The highest BCUT2D eigenvalue weighted by atomic mass is 16.3. The van der Waals surface area contributed by atoms with E-state index in [9.17, 15) is 14.7 Å². The van der Waals surface area contributed by atoms with Crippen molar-refractivity contribution in [2.24, 2.45) is 5.92 Å². The Morgan fingerprint density at radius 1 is 1.25 bits per heavy atom. The number of H-pyrrole nitrogens is 1. The number of nitrogens with one attached hydrogen (secondary N) is 1. The minimum atomic E-state index is -0.687. The Morgan fingerprint density at radius 2 is 1.94 bits per heavy atom. The number of β-amino-alcohol motifs (C(OH)–C–C–N with tert-alkyl or cyclic N) is 1. The zero-order chi connectivity index (χ0) is 26.2. The summed E-state index contributed by atoms with van der Waals surface area (Å²) >= 11 is 0. The maximum Gasteiger partial charge on any atom is 0.251 e. The van der Waals surface area contributed by atoms with Gasteiger partial charge in [-0.25, -0.2) is 4.52 Å². The summed E-state index contributed by atoms with van der Waals surface area (Å²) in [4.78, 5) is 31.2. The Balaban J connectivity index is 1.57. The van der Waals surface area contributed by atoms with E-state index in [0.717, 1.165) is 59.5 Å². The number of piperidine rings is 1. The van der Waals surface area contributed by atoms with Crippen molar-refractivity contribution in [1.29, 1.82) is 0 Å². The predicted molar refractivity (Wildman–Crippen MR) is 143 cm³/mol. The number of hydrogen-bond donors (Lipinski definition) is 2. The van der Waals surface area contributed by atoms with Crippen molar-refractivity contribution in [1.82, 2.24) is 19.5 Å². The Morgan fingerprint density at radius 3 is 2.58 bits per heavy atom. The van der Waals surface area contributed by atoms with Crippen molar-refractivity contribution in [2.75, 3.05) is 19.6 Å². The zero-order valence-electron chi connectivity index (χ0n) is 22.5. The molecule has 4 heterocycles. The fourth-order valence-electron chi connectivity index (χ4n) is 6.06. The molecule has 0 saturated carbocycles. The molecular weight excluding hydrogens is 452 g/mol. The molecule has 36 heavy (non-hydrogen) atoms. The molecule has 7 nitrogen and oxygen atoms in total. The summed E-state index contributed by atoms with van der Waals surface area (Å²) in [6, 6.07) is 5.81. The topological polar surface area (TPSA) is 90.7 Å². The van der Waals surface area contributed by atoms with Crippen molar-refractivity contribution in [3.05, 3.63) is 68.4 Å². The van der Waals surface area contributed by atoms with Crippen LogP contribution in [0.25, 0.3) is 5.52 Å². The first-order chi connectivity index (χ1) is 17.0. The highest BCUT2D eigenvalue weighted by Gasteiger charge is 2.32. The maximum atomic E-state index is 13.5. The van der Waals surface area contributed by atoms with Crippen LogP contribution in [0, 0.1) is 26.7 Å². The van der Waals surface area contributed by atoms with Gasteiger partial charge in [-0.1, -0.05) is 6.92 Å². The minimum Gasteiger partial charge on any atom is -0.389 e. The zero-order valence-corrected chi connectivity index (χ0v) is 22.5. The molecular formula is C29H40N4O3. The molecule has 0 amide bonds. The molecule has 3 aromatic heterocycles. The number of aryl methyl sites for hydroxylation is 2. The van der Waals surface area contributed by atoms with Gasteiger partial charge in [0.25, 0.3) is 5.56 Å². The van der Waals surface area contributed by atoms with E-state index in [2.05, 4.69) is 21.9 Å². The number of aliphatic hydroxyl groups is 1. The van der Waals surface area contributed by atoms with E-state index >= 15 is 0 Å². The number of rotatable bonds is 8. The largest absolute Gasteiger partial charge is 0.389 e. The fraction of sp³-hybridized carbons (Fsp3) is 0.552. The van der Waals surface area contributed by atoms with Crippen molar-refractivity contribution >= 4 is 11.3 Å². The van der Waals surface area contributed by atoms with Gasteiger partial charge < -0.3 is 15.0 Å². The first kappa shape index (κ1) is 26.3. The fourth-order valence-corrected chi connectivity index (χ4v) is 6.06. The van der Waals surface area contributed by atoms with Crippen molar-refractivity contribution in [3.8, 4) is 0 Å². The van der Waals surface area contributed by atoms with Crippen LogP contribution in [0.4, 0.5) is 0 Å². The van der Waals surface area contributed by atoms with Crippen LogP contribution in [0.3, 0.4) is 0 Å². The van der Waals surface area contributed by atoms with E-state index in [1.165, 1.54) is 0 Å². The second kappa shape index (κ2) is 10.3. The second-order valence-corrected chi connectivity index (χ2v) is 11.3. The number of carbonyl (C=O) groups is 1. The quantitative estimate of drug-likeness (QED) is 0.456. The van der Waals surface area contributed by atoms with Gasteiger partial charge in [0.1, 0.15) is 0 Å². The number of aromatic amines is 1. The van der Waals surface area contributed by atoms with Gasteiger partial charge in [0.2, 0.25) is 0 Å². The van der Waals surface area contributed by atoms with E-state index in [1.54, 1.807) is 6.20 Å². The second-order valence-electron chi connectivity index (χ2n) is 11.3. The van der Waals surface area contributed by atoms with Gasteiger partial charge in [0, 0.05) is 47.6 Å². The number of aromatic nitrogens is 3. The van der Waals surface area contributed by atoms with Crippen LogP contribution in [0.15, 0.2) is 29.2 Å². The molecule has 1 aliphatic rings. The first-order valence-corrected chi connectivity index (χ1v) is 13.1. The number of Topliss-reactive ketones (excluding diaryl/α,β-unsaturated/α-hetero) is 1. The lowest BCUT2D eigenvalue weighted by molar-refractivity contribution is 0.0229. The number of hydrogen-bond acceptors (Lipinski definition) is 5. The molecule has 0 aliphatic carbocycles. The lowest BCUT2D eigenvalue weighted by Gasteiger charge is -2.37. The molecule has 1 aliphatic heterocycles. The monoisotopic (exact) mass is 492 g/mol. The van der Waals surface area contributed by atoms with Crippen LogP contribution in [0.5, 0.6) is 0 Å². The lowest BCUT2D eigenvalue weighted by Crippen LogP contribution is -2.43. The normalized spacial score (nSPS) is 16.5. The molecule has 1 fully saturated rings. The molecule has 7 heteroatoms. The number of pyridine rings is 1. The molecule has 0 aromatic carbocycles. The SMILES string of the molecule is Cc1cc(C)c(CCC(=O)c2c(C)c(C(C)C3CCN(CC(C)(C)O)CC3)n3ncccc23)c(=O)[nH]1. The Hall–Kier alpha value is -2.77. The van der Waals surface area contributed by atoms with E-state index in [4.69, 9.17) is 0 Å². The smallest absolute Gasteiger partial charge is 0.251 e. The third-order valence-electron chi connectivity index (χ3n) is 7.75. The number of likely N-dealkylation sites (tertiary alicyclic amines) is 1. The van der Waals surface area contributed by atoms with E-state index < -0.39 is 5.60 Å². The third-order valence-corrected chi connectivity index (χ3v) is 7.75. The molecule has 0 bridgehead atoms. The van der Waals surface area contributed by atoms with Gasteiger partial charge >= 0.3 is 0 Å². The molecule has 3 aromatic rings. The van der Waals surface area contributed by atoms with Crippen LogP contribution in [-0.4, -0.2) is 55.6 Å². The molecule has 194 valence electrons. The molecule has 2 N–H and O–H groups in total. The highest BCUT2D eigenvalue weighted by Crippen LogP contribution is 2.37. The van der Waals surface area contributed by atoms with Gasteiger partial charge in [-0.15, -0.1) is 0 Å². The average Bonchev–Trinajstić information content (AvgIpc) is 3.09. The number of fused-ring (bicyclic) bond motifs is 1. The predicted octanol–water partition coefficient (Wildman–Crippen LogP) is 4.35. The van der Waals surface area contributed by atoms with E-state index in [-0.39, 0.29) is 23.7 Å². The average molecular weight is 493 g/mol. The summed E-state index contributed by atoms with van der Waals surface area (Å²) < 4.78 is 1.96. The standard InChI is InChI=1S/C29H40N4O3/c1-18-16-19(2)31-28(35)23(18)9-10-25(34)26-21(4)27(33-24(26)8-7-13-30-33)20(3)22-11-14-32(15-12-22)17-29(5,6)36/h7-8,13,16,20,22,36H,9-12,14-15,17H2,1-6H3,(H,31,35). The van der Waals surface area contributed by atoms with Gasteiger partial charge in [-0.2, -0.15) is 5.10 Å². The number of ketones is 1. The van der Waals surface area contributed by atoms with Crippen LogP contribution < -0.4 is 5.56 Å². The number of carbonyl (C=O) groups excluding carboxylic acids is 1. The summed E-state index contributed by atoms with van der Waals surface area (Å²) in [5.41, 5.74) is 5.33. The summed E-state index contributed by atoms with van der Waals surface area (Å²) in [5, 5.41) is 14.8. The Kier molecular flexibility index (Phi) is 7.53. The Bertz CT molecular complexity index is 1310. The van der Waals surface area contributed by atoms with E-state index in [1.807, 2.05) is 57.3 Å². The molecule has 0 radical (unpaired) electrons. The first-order valence-electron chi connectivity index (χ1n) is 13.1. The van der Waals surface area contributed by atoms with Crippen LogP contribution in [0.1, 0.15) is 84.4 Å². The van der Waals surface area contributed by atoms with Crippen LogP contribution >= 0.6 is 0 Å². The van der Waals surface area contributed by atoms with Crippen LogP contribution in [-0.2, 0) is 6.42 Å². The van der Waals surface area contributed by atoms with Gasteiger partial charge in [0.05, 0.1) is 11.1 Å². The van der Waals surface area contributed by atoms with Crippen molar-refractivity contribution in [2.45, 2.75) is 78.7 Å². The summed E-state index contributed by atoms with van der Waals surface area (Å²) in [6.07, 6.45) is 4.58. The molecule has 1 atom stereocenters. The minimum absolute atomic E-state index is 0.0517. The van der Waals surface area contributed by atoms with Crippen molar-refractivity contribution < 1.29 is 9.90 Å². The third kappa shape index (κ3) is 5.47. The highest BCUT2D eigenvalue weighted by molar-refractivity contribution is 6.04. The van der Waals surface area contributed by atoms with Gasteiger partial charge in [-0.05, 0) is 102 Å². The van der Waals surface area contributed by atoms with Crippen molar-refractivity contribution in [3.63, 3.8) is 0 Å². The molecule has 4 rings (SSSR count). The van der Waals surface area contributed by atoms with E-state index in [0.29, 0.717) is 24.4 Å². The Labute approximate surface area is 213 Å². The molecule has 1 unspecified atom stereocenters. The van der Waals surface area contributed by atoms with Gasteiger partial charge in [-0.3, -0.25) is 9.59 Å². The molecule has 1 saturated heterocycles. The summed E-state index contributed by atoms with van der Waals surface area (Å²) in [7, 11) is 0. The lowest BCUT2D eigenvalue weighted by atomic mass is 9.82. The van der Waals surface area contributed by atoms with Gasteiger partial charge in [0.15, 0.2) is 5.78 Å². The summed E-state index contributed by atoms with van der Waals surface area (Å²) in [6.45, 7) is 14.4. The molecule has 0 spiro atoms. The summed E-state index contributed by atoms with van der Waals surface area (Å²) in [5.74, 6) is 0.787. The number of nitrogens with zero attached hydrogens (tertiary/aromatic N) is 3. The van der Waals surface area contributed by atoms with Crippen LogP contribution in [0.2, 0.25) is 0 Å².